The number of hydrogen-bond donors (Lipinski definition) is 1. The minimum Gasteiger partial charge on any atom is -0.394 e. The molecule has 5 heteroatoms. The fourth-order valence-electron chi connectivity index (χ4n) is 3.23. The molecule has 0 bridgehead atoms. The molecule has 0 saturated carbocycles. The fraction of sp³-hybridized carbons (Fsp3) is 0.421. The van der Waals surface area contributed by atoms with Crippen LogP contribution in [0.5, 0.6) is 0 Å². The molecule has 1 N–H and O–H groups in total. The molecule has 1 aromatic carbocycles. The monoisotopic (exact) mass is 328 g/mol. The van der Waals surface area contributed by atoms with Gasteiger partial charge >= 0.3 is 0 Å². The van der Waals surface area contributed by atoms with Gasteiger partial charge in [0.25, 0.3) is 5.91 Å². The summed E-state index contributed by atoms with van der Waals surface area (Å²) in [6, 6.07) is 13.8. The Morgan fingerprint density at radius 2 is 2.00 bits per heavy atom. The number of aromatic nitrogens is 1. The third-order valence-corrected chi connectivity index (χ3v) is 4.22. The summed E-state index contributed by atoms with van der Waals surface area (Å²) in [6.45, 7) is 5.38. The number of hydrogen-bond acceptors (Lipinski definition) is 3. The van der Waals surface area contributed by atoms with E-state index in [1.54, 1.807) is 4.90 Å². The van der Waals surface area contributed by atoms with Crippen LogP contribution in [0.3, 0.4) is 0 Å². The van der Waals surface area contributed by atoms with Gasteiger partial charge in [0.1, 0.15) is 5.69 Å². The summed E-state index contributed by atoms with van der Waals surface area (Å²) in [6.07, 6.45) is 1.59. The van der Waals surface area contributed by atoms with Crippen LogP contribution in [-0.4, -0.2) is 51.9 Å². The molecule has 3 rings (SSSR count). The first kappa shape index (κ1) is 16.7. The Labute approximate surface area is 142 Å². The normalized spacial score (nSPS) is 20.1. The number of morpholine rings is 1. The molecule has 1 aliphatic rings. The number of benzene rings is 1. The van der Waals surface area contributed by atoms with Crippen LogP contribution in [0.25, 0.3) is 0 Å². The quantitative estimate of drug-likeness (QED) is 0.936. The van der Waals surface area contributed by atoms with Crippen molar-refractivity contribution in [3.05, 3.63) is 59.9 Å². The molecule has 0 aliphatic carbocycles. The summed E-state index contributed by atoms with van der Waals surface area (Å²) in [7, 11) is 0. The molecule has 128 valence electrons. The van der Waals surface area contributed by atoms with Crippen molar-refractivity contribution in [1.82, 2.24) is 9.47 Å². The standard InChI is InChI=1S/C19H24N2O3/c1-19(2)14-21(12-16(13-22)24-19)18(23)17-9-6-10-20(17)11-15-7-4-3-5-8-15/h3-10,16,22H,11-14H2,1-2H3. The summed E-state index contributed by atoms with van der Waals surface area (Å²) in [5.41, 5.74) is 1.35. The van der Waals surface area contributed by atoms with Gasteiger partial charge < -0.3 is 19.3 Å². The molecule has 1 amide bonds. The highest BCUT2D eigenvalue weighted by Gasteiger charge is 2.36. The van der Waals surface area contributed by atoms with Gasteiger partial charge in [0, 0.05) is 25.8 Å². The average Bonchev–Trinajstić information content (AvgIpc) is 3.01. The van der Waals surface area contributed by atoms with Crippen molar-refractivity contribution in [3.8, 4) is 0 Å². The second kappa shape index (κ2) is 6.79. The summed E-state index contributed by atoms with van der Waals surface area (Å²) < 4.78 is 7.76. The fourth-order valence-corrected chi connectivity index (χ4v) is 3.23. The lowest BCUT2D eigenvalue weighted by Crippen LogP contribution is -2.55. The van der Waals surface area contributed by atoms with Crippen molar-refractivity contribution in [2.24, 2.45) is 0 Å². The van der Waals surface area contributed by atoms with E-state index in [2.05, 4.69) is 0 Å². The molecule has 2 aromatic rings. The molecular formula is C19H24N2O3. The van der Waals surface area contributed by atoms with Crippen LogP contribution in [0.2, 0.25) is 0 Å². The molecule has 0 radical (unpaired) electrons. The number of aliphatic hydroxyl groups is 1. The van der Waals surface area contributed by atoms with Crippen LogP contribution in [0.15, 0.2) is 48.7 Å². The molecule has 1 saturated heterocycles. The van der Waals surface area contributed by atoms with Crippen molar-refractivity contribution in [3.63, 3.8) is 0 Å². The smallest absolute Gasteiger partial charge is 0.270 e. The third kappa shape index (κ3) is 3.68. The SMILES string of the molecule is CC1(C)CN(C(=O)c2cccn2Cc2ccccc2)CC(CO)O1. The lowest BCUT2D eigenvalue weighted by molar-refractivity contribution is -0.139. The number of amides is 1. The van der Waals surface area contributed by atoms with E-state index in [0.29, 0.717) is 25.3 Å². The van der Waals surface area contributed by atoms with Crippen LogP contribution < -0.4 is 0 Å². The van der Waals surface area contributed by atoms with E-state index in [1.807, 2.05) is 67.1 Å². The second-order valence-corrected chi connectivity index (χ2v) is 6.87. The van der Waals surface area contributed by atoms with Gasteiger partial charge in [0.05, 0.1) is 18.3 Å². The predicted molar refractivity (Wildman–Crippen MR) is 91.9 cm³/mol. The molecule has 2 heterocycles. The number of aliphatic hydroxyl groups excluding tert-OH is 1. The lowest BCUT2D eigenvalue weighted by Gasteiger charge is -2.42. The summed E-state index contributed by atoms with van der Waals surface area (Å²) in [4.78, 5) is 14.8. The van der Waals surface area contributed by atoms with E-state index in [-0.39, 0.29) is 18.6 Å². The van der Waals surface area contributed by atoms with Crippen molar-refractivity contribution in [2.45, 2.75) is 32.1 Å². The zero-order chi connectivity index (χ0) is 17.2. The number of carbonyl (C=O) groups is 1. The first-order valence-electron chi connectivity index (χ1n) is 8.25. The molecule has 1 fully saturated rings. The van der Waals surface area contributed by atoms with Gasteiger partial charge in [0.2, 0.25) is 0 Å². The van der Waals surface area contributed by atoms with Gasteiger partial charge in [-0.15, -0.1) is 0 Å². The molecule has 1 atom stereocenters. The molecule has 5 nitrogen and oxygen atoms in total. The average molecular weight is 328 g/mol. The van der Waals surface area contributed by atoms with E-state index < -0.39 is 5.60 Å². The van der Waals surface area contributed by atoms with Crippen molar-refractivity contribution in [2.75, 3.05) is 19.7 Å². The predicted octanol–water partition coefficient (Wildman–Crippen LogP) is 2.15. The Morgan fingerprint density at radius 1 is 1.25 bits per heavy atom. The van der Waals surface area contributed by atoms with Gasteiger partial charge in [-0.25, -0.2) is 0 Å². The first-order chi connectivity index (χ1) is 11.5. The van der Waals surface area contributed by atoms with E-state index in [1.165, 1.54) is 0 Å². The van der Waals surface area contributed by atoms with Crippen molar-refractivity contribution >= 4 is 5.91 Å². The molecule has 24 heavy (non-hydrogen) atoms. The number of nitrogens with zero attached hydrogens (tertiary/aromatic N) is 2. The maximum absolute atomic E-state index is 13.0. The van der Waals surface area contributed by atoms with Gasteiger partial charge in [-0.05, 0) is 31.5 Å². The van der Waals surface area contributed by atoms with Crippen LogP contribution in [0.4, 0.5) is 0 Å². The summed E-state index contributed by atoms with van der Waals surface area (Å²) >= 11 is 0. The van der Waals surface area contributed by atoms with Crippen LogP contribution >= 0.6 is 0 Å². The van der Waals surface area contributed by atoms with E-state index in [4.69, 9.17) is 4.74 Å². The number of carbonyl (C=O) groups excluding carboxylic acids is 1. The molecule has 1 aromatic heterocycles. The third-order valence-electron chi connectivity index (χ3n) is 4.22. The molecule has 1 aliphatic heterocycles. The van der Waals surface area contributed by atoms with E-state index in [9.17, 15) is 9.90 Å². The Hall–Kier alpha value is -2.11. The highest BCUT2D eigenvalue weighted by atomic mass is 16.5. The van der Waals surface area contributed by atoms with Gasteiger partial charge in [-0.2, -0.15) is 0 Å². The van der Waals surface area contributed by atoms with Crippen LogP contribution in [-0.2, 0) is 11.3 Å². The maximum Gasteiger partial charge on any atom is 0.270 e. The molecule has 1 unspecified atom stereocenters. The minimum absolute atomic E-state index is 0.0224. The highest BCUT2D eigenvalue weighted by molar-refractivity contribution is 5.93. The van der Waals surface area contributed by atoms with Gasteiger partial charge in [0.15, 0.2) is 0 Å². The zero-order valence-corrected chi connectivity index (χ0v) is 14.2. The van der Waals surface area contributed by atoms with Crippen LogP contribution in [0, 0.1) is 0 Å². The van der Waals surface area contributed by atoms with E-state index in [0.717, 1.165) is 5.56 Å². The van der Waals surface area contributed by atoms with Crippen LogP contribution in [0.1, 0.15) is 29.9 Å². The largest absolute Gasteiger partial charge is 0.394 e. The van der Waals surface area contributed by atoms with E-state index >= 15 is 0 Å². The maximum atomic E-state index is 13.0. The Morgan fingerprint density at radius 3 is 2.71 bits per heavy atom. The molecular weight excluding hydrogens is 304 g/mol. The number of rotatable bonds is 4. The van der Waals surface area contributed by atoms with Crippen molar-refractivity contribution < 1.29 is 14.6 Å². The lowest BCUT2D eigenvalue weighted by atomic mass is 10.0. The minimum atomic E-state index is -0.460. The van der Waals surface area contributed by atoms with Crippen molar-refractivity contribution in [1.29, 1.82) is 0 Å². The topological polar surface area (TPSA) is 54.7 Å². The second-order valence-electron chi connectivity index (χ2n) is 6.87. The van der Waals surface area contributed by atoms with Gasteiger partial charge in [-0.1, -0.05) is 30.3 Å². The first-order valence-corrected chi connectivity index (χ1v) is 8.25. The van der Waals surface area contributed by atoms with Gasteiger partial charge in [-0.3, -0.25) is 4.79 Å². The Bertz CT molecular complexity index is 694. The highest BCUT2D eigenvalue weighted by Crippen LogP contribution is 2.23. The number of ether oxygens (including phenoxy) is 1. The zero-order valence-electron chi connectivity index (χ0n) is 14.2. The Balaban J connectivity index is 1.79. The Kier molecular flexibility index (Phi) is 4.73. The molecule has 0 spiro atoms. The summed E-state index contributed by atoms with van der Waals surface area (Å²) in [5, 5.41) is 9.43. The summed E-state index contributed by atoms with van der Waals surface area (Å²) in [5.74, 6) is -0.0224.